The molecule has 76 valence electrons. The highest BCUT2D eigenvalue weighted by atomic mass is 16.5. The van der Waals surface area contributed by atoms with Crippen LogP contribution in [0.15, 0.2) is 0 Å². The molecule has 0 spiro atoms. The Balaban J connectivity index is 2.42. The number of carbonyl (C=O) groups excluding carboxylic acids is 1. The van der Waals surface area contributed by atoms with E-state index in [4.69, 9.17) is 4.74 Å². The lowest BCUT2D eigenvalue weighted by atomic mass is 9.95. The number of carbonyl (C=O) groups is 1. The van der Waals surface area contributed by atoms with Crippen LogP contribution >= 0.6 is 0 Å². The number of esters is 1. The van der Waals surface area contributed by atoms with Crippen LogP contribution in [0.1, 0.15) is 46.0 Å². The highest BCUT2D eigenvalue weighted by molar-refractivity contribution is 5.72. The molecule has 0 radical (unpaired) electrons. The van der Waals surface area contributed by atoms with Gasteiger partial charge in [-0.15, -0.1) is 0 Å². The Morgan fingerprint density at radius 1 is 1.38 bits per heavy atom. The molecule has 0 aromatic carbocycles. The van der Waals surface area contributed by atoms with E-state index >= 15 is 0 Å². The predicted octanol–water partition coefficient (Wildman–Crippen LogP) is 2.77. The van der Waals surface area contributed by atoms with E-state index in [1.165, 1.54) is 19.3 Å². The highest BCUT2D eigenvalue weighted by Crippen LogP contribution is 2.27. The van der Waals surface area contributed by atoms with E-state index in [1.807, 2.05) is 6.92 Å². The fourth-order valence-electron chi connectivity index (χ4n) is 2.08. The molecule has 2 heteroatoms. The summed E-state index contributed by atoms with van der Waals surface area (Å²) in [6.07, 6.45) is 5.79. The van der Waals surface area contributed by atoms with Gasteiger partial charge in [0.2, 0.25) is 0 Å². The van der Waals surface area contributed by atoms with Gasteiger partial charge in [0.05, 0.1) is 12.5 Å². The number of hydrogen-bond acceptors (Lipinski definition) is 2. The maximum Gasteiger partial charge on any atom is 0.308 e. The van der Waals surface area contributed by atoms with Crippen LogP contribution in [0, 0.1) is 11.8 Å². The van der Waals surface area contributed by atoms with E-state index in [-0.39, 0.29) is 11.9 Å². The first-order valence-electron chi connectivity index (χ1n) is 5.40. The molecule has 0 amide bonds. The van der Waals surface area contributed by atoms with Gasteiger partial charge in [0, 0.05) is 0 Å². The maximum absolute atomic E-state index is 11.5. The van der Waals surface area contributed by atoms with Crippen LogP contribution in [0.25, 0.3) is 0 Å². The minimum atomic E-state index is 0.0243. The Bertz CT molecular complexity index is 165. The van der Waals surface area contributed by atoms with Crippen LogP contribution in [0.4, 0.5) is 0 Å². The molecular formula is C11H20O2. The molecule has 1 aliphatic carbocycles. The highest BCUT2D eigenvalue weighted by Gasteiger charge is 2.24. The van der Waals surface area contributed by atoms with Gasteiger partial charge in [-0.3, -0.25) is 4.79 Å². The number of ether oxygens (including phenoxy) is 1. The molecule has 0 aromatic heterocycles. The van der Waals surface area contributed by atoms with E-state index in [9.17, 15) is 4.79 Å². The molecule has 0 saturated heterocycles. The van der Waals surface area contributed by atoms with Gasteiger partial charge in [-0.1, -0.05) is 26.2 Å². The number of hydrogen-bond donors (Lipinski definition) is 0. The van der Waals surface area contributed by atoms with Gasteiger partial charge in [-0.05, 0) is 25.7 Å². The minimum absolute atomic E-state index is 0.0243. The summed E-state index contributed by atoms with van der Waals surface area (Å²) >= 11 is 0. The summed E-state index contributed by atoms with van der Waals surface area (Å²) in [6, 6.07) is 0. The predicted molar refractivity (Wildman–Crippen MR) is 52.4 cm³/mol. The van der Waals surface area contributed by atoms with Gasteiger partial charge < -0.3 is 4.74 Å². The summed E-state index contributed by atoms with van der Waals surface area (Å²) in [5, 5.41) is 0. The quantitative estimate of drug-likeness (QED) is 0.487. The van der Waals surface area contributed by atoms with Crippen LogP contribution in [-0.4, -0.2) is 12.6 Å². The van der Waals surface area contributed by atoms with Crippen molar-refractivity contribution in [1.82, 2.24) is 0 Å². The molecule has 0 N–H and O–H groups in total. The number of rotatable bonds is 2. The lowest BCUT2D eigenvalue weighted by Crippen LogP contribution is -2.18. The van der Waals surface area contributed by atoms with E-state index in [1.54, 1.807) is 0 Å². The second-order valence-electron chi connectivity index (χ2n) is 4.07. The van der Waals surface area contributed by atoms with Crippen LogP contribution in [0.5, 0.6) is 0 Å². The largest absolute Gasteiger partial charge is 0.466 e. The molecule has 0 aliphatic heterocycles. The van der Waals surface area contributed by atoms with Gasteiger partial charge in [-0.2, -0.15) is 0 Å². The molecule has 1 rings (SSSR count). The summed E-state index contributed by atoms with van der Waals surface area (Å²) in [4.78, 5) is 11.5. The minimum Gasteiger partial charge on any atom is -0.466 e. The lowest BCUT2D eigenvalue weighted by Gasteiger charge is -2.14. The van der Waals surface area contributed by atoms with Gasteiger partial charge in [0.25, 0.3) is 0 Å². The van der Waals surface area contributed by atoms with E-state index < -0.39 is 0 Å². The monoisotopic (exact) mass is 184 g/mol. The molecule has 0 aromatic rings. The van der Waals surface area contributed by atoms with E-state index in [0.717, 1.165) is 12.8 Å². The summed E-state index contributed by atoms with van der Waals surface area (Å²) in [5.41, 5.74) is 0. The Labute approximate surface area is 80.7 Å². The SMILES string of the molecule is CCOC(=O)C1CCCCC(C)C1. The maximum atomic E-state index is 11.5. The molecule has 1 saturated carbocycles. The fraction of sp³-hybridized carbons (Fsp3) is 0.909. The molecule has 2 nitrogen and oxygen atoms in total. The Morgan fingerprint density at radius 3 is 2.77 bits per heavy atom. The van der Waals surface area contributed by atoms with Crippen molar-refractivity contribution >= 4 is 5.97 Å². The van der Waals surface area contributed by atoms with Crippen molar-refractivity contribution in [2.24, 2.45) is 11.8 Å². The molecule has 0 bridgehead atoms. The first-order valence-corrected chi connectivity index (χ1v) is 5.40. The van der Waals surface area contributed by atoms with Crippen molar-refractivity contribution < 1.29 is 9.53 Å². The first kappa shape index (κ1) is 10.6. The normalized spacial score (nSPS) is 29.4. The fourth-order valence-corrected chi connectivity index (χ4v) is 2.08. The van der Waals surface area contributed by atoms with Crippen LogP contribution in [0.2, 0.25) is 0 Å². The molecule has 2 unspecified atom stereocenters. The first-order chi connectivity index (χ1) is 6.24. The average molecular weight is 184 g/mol. The lowest BCUT2D eigenvalue weighted by molar-refractivity contribution is -0.148. The van der Waals surface area contributed by atoms with Crippen LogP contribution in [-0.2, 0) is 9.53 Å². The molecular weight excluding hydrogens is 164 g/mol. The van der Waals surface area contributed by atoms with Crippen molar-refractivity contribution in [3.05, 3.63) is 0 Å². The zero-order valence-electron chi connectivity index (χ0n) is 8.71. The third-order valence-corrected chi connectivity index (χ3v) is 2.81. The standard InChI is InChI=1S/C11H20O2/c1-3-13-11(12)10-7-5-4-6-9(2)8-10/h9-10H,3-8H2,1-2H3. The summed E-state index contributed by atoms with van der Waals surface area (Å²) < 4.78 is 5.05. The third-order valence-electron chi connectivity index (χ3n) is 2.81. The summed E-state index contributed by atoms with van der Waals surface area (Å²) in [6.45, 7) is 4.62. The van der Waals surface area contributed by atoms with Gasteiger partial charge in [-0.25, -0.2) is 0 Å². The van der Waals surface area contributed by atoms with E-state index in [2.05, 4.69) is 6.92 Å². The van der Waals surface area contributed by atoms with Crippen molar-refractivity contribution in [3.8, 4) is 0 Å². The van der Waals surface area contributed by atoms with Crippen molar-refractivity contribution in [2.75, 3.05) is 6.61 Å². The Hall–Kier alpha value is -0.530. The van der Waals surface area contributed by atoms with Gasteiger partial charge in [0.15, 0.2) is 0 Å². The second kappa shape index (κ2) is 5.25. The van der Waals surface area contributed by atoms with Gasteiger partial charge >= 0.3 is 5.97 Å². The smallest absolute Gasteiger partial charge is 0.308 e. The molecule has 0 heterocycles. The summed E-state index contributed by atoms with van der Waals surface area (Å²) in [7, 11) is 0. The van der Waals surface area contributed by atoms with Crippen molar-refractivity contribution in [1.29, 1.82) is 0 Å². The van der Waals surface area contributed by atoms with Gasteiger partial charge in [0.1, 0.15) is 0 Å². The molecule has 2 atom stereocenters. The van der Waals surface area contributed by atoms with Crippen molar-refractivity contribution in [3.63, 3.8) is 0 Å². The van der Waals surface area contributed by atoms with Crippen molar-refractivity contribution in [2.45, 2.75) is 46.0 Å². The molecule has 1 aliphatic rings. The van der Waals surface area contributed by atoms with Crippen LogP contribution in [0.3, 0.4) is 0 Å². The Morgan fingerprint density at radius 2 is 2.08 bits per heavy atom. The zero-order chi connectivity index (χ0) is 9.68. The second-order valence-corrected chi connectivity index (χ2v) is 4.07. The average Bonchev–Trinajstić information content (AvgIpc) is 2.30. The van der Waals surface area contributed by atoms with Crippen LogP contribution < -0.4 is 0 Å². The third kappa shape index (κ3) is 3.37. The topological polar surface area (TPSA) is 26.3 Å². The zero-order valence-corrected chi connectivity index (χ0v) is 8.71. The molecule has 13 heavy (non-hydrogen) atoms. The molecule has 1 fully saturated rings. The summed E-state index contributed by atoms with van der Waals surface area (Å²) in [5.74, 6) is 0.894. The Kier molecular flexibility index (Phi) is 4.26. The van der Waals surface area contributed by atoms with E-state index in [0.29, 0.717) is 12.5 Å².